The van der Waals surface area contributed by atoms with Crippen molar-refractivity contribution in [2.75, 3.05) is 31.1 Å². The molecule has 0 aliphatic carbocycles. The van der Waals surface area contributed by atoms with Gasteiger partial charge in [0.25, 0.3) is 0 Å². The number of nitrogen functional groups attached to an aromatic ring is 1. The van der Waals surface area contributed by atoms with E-state index in [0.29, 0.717) is 35.9 Å². The minimum atomic E-state index is -3.87. The summed E-state index contributed by atoms with van der Waals surface area (Å²) in [6.07, 6.45) is 0.889. The number of carboxylic acid groups (broad SMARTS) is 1. The number of aromatic hydroxyl groups is 1. The fourth-order valence-electron chi connectivity index (χ4n) is 1.31. The first kappa shape index (κ1) is 33.2. The number of nitrogens with one attached hydrogen (secondary N) is 1. The van der Waals surface area contributed by atoms with Gasteiger partial charge in [0.2, 0.25) is 0 Å². The Morgan fingerprint density at radius 3 is 2.27 bits per heavy atom. The molecule has 0 radical (unpaired) electrons. The van der Waals surface area contributed by atoms with E-state index in [1.165, 1.54) is 12.1 Å². The maximum atomic E-state index is 10.3. The minimum Gasteiger partial charge on any atom is -0.545 e. The number of aromatic carboxylic acids is 1. The number of carbonyl (C=O) groups excluding carboxylic acids is 1. The van der Waals surface area contributed by atoms with Gasteiger partial charge in [0, 0.05) is 29.6 Å². The van der Waals surface area contributed by atoms with Crippen LogP contribution in [-0.4, -0.2) is 57.2 Å². The Morgan fingerprint density at radius 2 is 1.85 bits per heavy atom. The van der Waals surface area contributed by atoms with Gasteiger partial charge in [0.1, 0.15) is 5.75 Å². The molecular formula is C12H25N3NaO8PS. The van der Waals surface area contributed by atoms with Crippen molar-refractivity contribution < 1.29 is 69.9 Å². The minimum absolute atomic E-state index is 0. The SMILES string of the molecule is NCCCNCCSP(=O)(O)O.Nc1ccc(C(=O)[O-])c(O)c1.O.O.[Na+]. The van der Waals surface area contributed by atoms with E-state index in [-0.39, 0.29) is 51.8 Å². The normalized spacial score (nSPS) is 9.50. The largest absolute Gasteiger partial charge is 1.00 e. The third kappa shape index (κ3) is 18.4. The Bertz CT molecular complexity index is 549. The van der Waals surface area contributed by atoms with Crippen molar-refractivity contribution in [3.8, 4) is 5.75 Å². The van der Waals surface area contributed by atoms with Crippen LogP contribution >= 0.6 is 18.2 Å². The molecule has 0 aliphatic heterocycles. The van der Waals surface area contributed by atoms with Crippen molar-refractivity contribution in [1.29, 1.82) is 0 Å². The molecule has 148 valence electrons. The van der Waals surface area contributed by atoms with E-state index in [1.54, 1.807) is 0 Å². The van der Waals surface area contributed by atoms with Crippen LogP contribution in [0.1, 0.15) is 16.8 Å². The maximum absolute atomic E-state index is 10.3. The zero-order valence-electron chi connectivity index (χ0n) is 14.3. The molecule has 11 nitrogen and oxygen atoms in total. The first-order chi connectivity index (χ1) is 10.7. The summed E-state index contributed by atoms with van der Waals surface area (Å²) in [5, 5.41) is 22.2. The first-order valence-electron chi connectivity index (χ1n) is 6.58. The van der Waals surface area contributed by atoms with Crippen LogP contribution in [0.5, 0.6) is 5.75 Å². The Kier molecular flexibility index (Phi) is 23.0. The number of hydrogen-bond donors (Lipinski definition) is 6. The fraction of sp³-hybridized carbons (Fsp3) is 0.417. The van der Waals surface area contributed by atoms with Crippen molar-refractivity contribution in [2.24, 2.45) is 5.73 Å². The van der Waals surface area contributed by atoms with E-state index in [0.717, 1.165) is 19.0 Å². The molecule has 0 fully saturated rings. The molecule has 1 aromatic rings. The smallest absolute Gasteiger partial charge is 0.545 e. The van der Waals surface area contributed by atoms with Gasteiger partial charge >= 0.3 is 36.4 Å². The molecule has 0 aromatic heterocycles. The molecule has 0 saturated heterocycles. The fourth-order valence-corrected chi connectivity index (χ4v) is 2.77. The van der Waals surface area contributed by atoms with Gasteiger partial charge < -0.3 is 52.5 Å². The van der Waals surface area contributed by atoms with Gasteiger partial charge in [-0.25, -0.2) is 4.57 Å². The molecular weight excluding hydrogens is 400 g/mol. The van der Waals surface area contributed by atoms with E-state index < -0.39 is 12.8 Å². The van der Waals surface area contributed by atoms with Gasteiger partial charge in [0.15, 0.2) is 0 Å². The molecule has 12 N–H and O–H groups in total. The van der Waals surface area contributed by atoms with Gasteiger partial charge in [-0.1, -0.05) is 0 Å². The van der Waals surface area contributed by atoms with Crippen molar-refractivity contribution >= 4 is 29.8 Å². The Balaban J connectivity index is -0.000000167. The number of hydrogen-bond acceptors (Lipinski definition) is 8. The molecule has 0 amide bonds. The Hall–Kier alpha value is -0.370. The summed E-state index contributed by atoms with van der Waals surface area (Å²) in [6.45, 7) is -1.82. The molecule has 0 spiro atoms. The van der Waals surface area contributed by atoms with Crippen LogP contribution in [0.25, 0.3) is 0 Å². The van der Waals surface area contributed by atoms with Gasteiger partial charge in [-0.05, 0) is 43.0 Å². The molecule has 0 atom stereocenters. The summed E-state index contributed by atoms with van der Waals surface area (Å²) in [5.74, 6) is -1.36. The number of anilines is 1. The van der Waals surface area contributed by atoms with E-state index >= 15 is 0 Å². The average Bonchev–Trinajstić information content (AvgIpc) is 2.42. The molecule has 0 unspecified atom stereocenters. The van der Waals surface area contributed by atoms with Crippen LogP contribution in [0.15, 0.2) is 18.2 Å². The molecule has 14 heteroatoms. The first-order valence-corrected chi connectivity index (χ1v) is 9.78. The van der Waals surface area contributed by atoms with Crippen molar-refractivity contribution in [3.63, 3.8) is 0 Å². The predicted octanol–water partition coefficient (Wildman–Crippen LogP) is -5.56. The third-order valence-electron chi connectivity index (χ3n) is 2.34. The van der Waals surface area contributed by atoms with Gasteiger partial charge in [-0.3, -0.25) is 0 Å². The second-order valence-corrected chi connectivity index (χ2v) is 8.13. The number of carboxylic acids is 1. The van der Waals surface area contributed by atoms with Crippen molar-refractivity contribution in [3.05, 3.63) is 23.8 Å². The van der Waals surface area contributed by atoms with Crippen LogP contribution in [0, 0.1) is 0 Å². The second-order valence-electron chi connectivity index (χ2n) is 4.28. The molecule has 0 heterocycles. The standard InChI is InChI=1S/C7H7NO3.C5H15N2O3PS.Na.2H2O/c8-4-1-2-5(7(10)11)6(9)3-4;6-2-1-3-7-4-5-12-11(8,9)10;;;/h1-3,9H,8H2,(H,10,11);7H,1-6H2,(H2,8,9,10);;2*1H2/q;;+1;;/p-1. The molecule has 0 bridgehead atoms. The van der Waals surface area contributed by atoms with E-state index in [2.05, 4.69) is 5.32 Å². The van der Waals surface area contributed by atoms with Gasteiger partial charge in [-0.2, -0.15) is 0 Å². The summed E-state index contributed by atoms with van der Waals surface area (Å²) < 4.78 is 10.3. The second kappa shape index (κ2) is 18.0. The quantitative estimate of drug-likeness (QED) is 0.0997. The summed E-state index contributed by atoms with van der Waals surface area (Å²) >= 11 is 0.665. The average molecular weight is 425 g/mol. The van der Waals surface area contributed by atoms with Crippen LogP contribution in [-0.2, 0) is 4.57 Å². The monoisotopic (exact) mass is 425 g/mol. The zero-order valence-corrected chi connectivity index (χ0v) is 18.1. The molecule has 0 aliphatic rings. The molecule has 1 rings (SSSR count). The summed E-state index contributed by atoms with van der Waals surface area (Å²) in [5.41, 5.74) is 10.6. The maximum Gasteiger partial charge on any atom is 1.00 e. The molecule has 0 saturated carbocycles. The number of nitrogens with two attached hydrogens (primary N) is 2. The van der Waals surface area contributed by atoms with Crippen molar-refractivity contribution in [2.45, 2.75) is 6.42 Å². The Labute approximate surface area is 177 Å². The molecule has 26 heavy (non-hydrogen) atoms. The third-order valence-corrected chi connectivity index (χ3v) is 4.62. The van der Waals surface area contributed by atoms with Crippen LogP contribution < -0.4 is 51.4 Å². The number of benzene rings is 1. The van der Waals surface area contributed by atoms with E-state index in [1.807, 2.05) is 0 Å². The topological polar surface area (TPSA) is 245 Å². The summed E-state index contributed by atoms with van der Waals surface area (Å²) in [7, 11) is 0. The number of phenols is 1. The zero-order chi connectivity index (χ0) is 17.9. The van der Waals surface area contributed by atoms with Gasteiger partial charge in [0.05, 0.1) is 5.97 Å². The van der Waals surface area contributed by atoms with Crippen molar-refractivity contribution in [1.82, 2.24) is 5.32 Å². The van der Waals surface area contributed by atoms with Crippen LogP contribution in [0.4, 0.5) is 5.69 Å². The Morgan fingerprint density at radius 1 is 1.27 bits per heavy atom. The van der Waals surface area contributed by atoms with Crippen LogP contribution in [0.2, 0.25) is 0 Å². The molecule has 1 aromatic carbocycles. The number of rotatable bonds is 8. The number of carbonyl (C=O) groups is 1. The summed E-state index contributed by atoms with van der Waals surface area (Å²) in [4.78, 5) is 27.1. The summed E-state index contributed by atoms with van der Waals surface area (Å²) in [6, 6.07) is 3.73. The van der Waals surface area contributed by atoms with E-state index in [9.17, 15) is 14.5 Å². The predicted molar refractivity (Wildman–Crippen MR) is 95.1 cm³/mol. The van der Waals surface area contributed by atoms with E-state index in [4.69, 9.17) is 26.4 Å². The van der Waals surface area contributed by atoms with Crippen LogP contribution in [0.3, 0.4) is 0 Å². The van der Waals surface area contributed by atoms with Gasteiger partial charge in [-0.15, -0.1) is 0 Å².